The minimum absolute atomic E-state index is 0.0776. The quantitative estimate of drug-likeness (QED) is 0.449. The van der Waals surface area contributed by atoms with Crippen molar-refractivity contribution in [1.82, 2.24) is 0 Å². The molecule has 0 amide bonds. The van der Waals surface area contributed by atoms with E-state index in [0.717, 1.165) is 19.3 Å². The number of hydrogen-bond acceptors (Lipinski definition) is 3. The molecule has 5 heteroatoms. The number of Topliss-reactive ketones (excluding diaryl/α,β-unsaturated/α-hetero) is 1. The van der Waals surface area contributed by atoms with Gasteiger partial charge in [0.05, 0.1) is 0 Å². The van der Waals surface area contributed by atoms with Crippen molar-refractivity contribution >= 4 is 17.7 Å². The molecule has 0 fully saturated rings. The average Bonchev–Trinajstić information content (AvgIpc) is 2.15. The molecule has 0 bridgehead atoms. The molecule has 0 radical (unpaired) electrons. The lowest BCUT2D eigenvalue weighted by Gasteiger charge is -1.98. The van der Waals surface area contributed by atoms with Gasteiger partial charge in [-0.1, -0.05) is 19.3 Å². The first kappa shape index (κ1) is 13.6. The Bertz CT molecular complexity index is 234. The first-order chi connectivity index (χ1) is 7.04. The van der Waals surface area contributed by atoms with Gasteiger partial charge in [0, 0.05) is 12.8 Å². The Morgan fingerprint density at radius 1 is 0.733 bits per heavy atom. The Labute approximate surface area is 88.1 Å². The van der Waals surface area contributed by atoms with Gasteiger partial charge in [0.15, 0.2) is 0 Å². The van der Waals surface area contributed by atoms with Gasteiger partial charge in [0.2, 0.25) is 5.78 Å². The molecule has 0 aromatic rings. The maximum Gasteiger partial charge on any atom is 0.372 e. The largest absolute Gasteiger partial charge is 0.481 e. The summed E-state index contributed by atoms with van der Waals surface area (Å²) in [5, 5.41) is 16.6. The fourth-order valence-electron chi connectivity index (χ4n) is 1.20. The summed E-state index contributed by atoms with van der Waals surface area (Å²) in [5.41, 5.74) is 0. The zero-order chi connectivity index (χ0) is 11.7. The van der Waals surface area contributed by atoms with E-state index in [9.17, 15) is 14.4 Å². The molecule has 0 aliphatic rings. The standard InChI is InChI=1S/C10H16O5/c11-8(10(14)15)6-4-2-1-3-5-7-9(12)13/h1-7H2,(H,12,13)(H,14,15). The first-order valence-electron chi connectivity index (χ1n) is 5.02. The Morgan fingerprint density at radius 3 is 1.67 bits per heavy atom. The summed E-state index contributed by atoms with van der Waals surface area (Å²) in [4.78, 5) is 30.9. The molecule has 0 saturated carbocycles. The molecular weight excluding hydrogens is 200 g/mol. The number of unbranched alkanes of at least 4 members (excludes halogenated alkanes) is 4. The molecule has 5 nitrogen and oxygen atoms in total. The van der Waals surface area contributed by atoms with E-state index in [0.29, 0.717) is 12.8 Å². The predicted octanol–water partition coefficient (Wildman–Crippen LogP) is 1.46. The number of hydrogen-bond donors (Lipinski definition) is 2. The van der Waals surface area contributed by atoms with Crippen LogP contribution in [-0.4, -0.2) is 27.9 Å². The second kappa shape index (κ2) is 7.96. The van der Waals surface area contributed by atoms with Crippen molar-refractivity contribution in [2.45, 2.75) is 44.9 Å². The van der Waals surface area contributed by atoms with Crippen LogP contribution in [-0.2, 0) is 14.4 Å². The number of aliphatic carboxylic acids is 2. The number of carbonyl (C=O) groups excluding carboxylic acids is 1. The maximum absolute atomic E-state index is 10.6. The average molecular weight is 216 g/mol. The molecule has 0 unspecified atom stereocenters. The second-order valence-corrected chi connectivity index (χ2v) is 3.39. The SMILES string of the molecule is O=C(O)CCCCCCCC(=O)C(=O)O. The summed E-state index contributed by atoms with van der Waals surface area (Å²) in [6.45, 7) is 0. The minimum Gasteiger partial charge on any atom is -0.481 e. The second-order valence-electron chi connectivity index (χ2n) is 3.39. The fourth-order valence-corrected chi connectivity index (χ4v) is 1.20. The van der Waals surface area contributed by atoms with E-state index in [-0.39, 0.29) is 12.8 Å². The zero-order valence-corrected chi connectivity index (χ0v) is 8.57. The third-order valence-electron chi connectivity index (χ3n) is 2.03. The van der Waals surface area contributed by atoms with Gasteiger partial charge < -0.3 is 10.2 Å². The summed E-state index contributed by atoms with van der Waals surface area (Å²) < 4.78 is 0. The molecular formula is C10H16O5. The summed E-state index contributed by atoms with van der Waals surface area (Å²) in [5.74, 6) is -2.92. The van der Waals surface area contributed by atoms with Crippen LogP contribution in [0.1, 0.15) is 44.9 Å². The molecule has 15 heavy (non-hydrogen) atoms. The van der Waals surface area contributed by atoms with E-state index in [4.69, 9.17) is 10.2 Å². The van der Waals surface area contributed by atoms with Crippen LogP contribution in [0.3, 0.4) is 0 Å². The number of rotatable bonds is 9. The van der Waals surface area contributed by atoms with Gasteiger partial charge >= 0.3 is 11.9 Å². The van der Waals surface area contributed by atoms with Crippen LogP contribution in [0.5, 0.6) is 0 Å². The van der Waals surface area contributed by atoms with E-state index in [1.807, 2.05) is 0 Å². The van der Waals surface area contributed by atoms with Crippen LogP contribution in [0, 0.1) is 0 Å². The summed E-state index contributed by atoms with van der Waals surface area (Å²) >= 11 is 0. The molecule has 0 aromatic heterocycles. The van der Waals surface area contributed by atoms with Crippen LogP contribution in [0.4, 0.5) is 0 Å². The van der Waals surface area contributed by atoms with E-state index in [2.05, 4.69) is 0 Å². The van der Waals surface area contributed by atoms with Gasteiger partial charge in [0.25, 0.3) is 0 Å². The molecule has 0 saturated heterocycles. The number of ketones is 1. The summed E-state index contributed by atoms with van der Waals surface area (Å²) in [6, 6.07) is 0. The van der Waals surface area contributed by atoms with Gasteiger partial charge in [0.1, 0.15) is 0 Å². The normalized spacial score (nSPS) is 9.87. The zero-order valence-electron chi connectivity index (χ0n) is 8.57. The van der Waals surface area contributed by atoms with Crippen molar-refractivity contribution in [3.63, 3.8) is 0 Å². The lowest BCUT2D eigenvalue weighted by molar-refractivity contribution is -0.149. The van der Waals surface area contributed by atoms with Gasteiger partial charge in [-0.2, -0.15) is 0 Å². The monoisotopic (exact) mass is 216 g/mol. The number of carboxylic acid groups (broad SMARTS) is 2. The van der Waals surface area contributed by atoms with Gasteiger partial charge in [-0.3, -0.25) is 9.59 Å². The fraction of sp³-hybridized carbons (Fsp3) is 0.700. The Balaban J connectivity index is 3.22. The molecule has 0 spiro atoms. The molecule has 0 heterocycles. The third kappa shape index (κ3) is 8.93. The molecule has 2 N–H and O–H groups in total. The summed E-state index contributed by atoms with van der Waals surface area (Å²) in [7, 11) is 0. The van der Waals surface area contributed by atoms with Crippen LogP contribution in [0.15, 0.2) is 0 Å². The molecule has 0 aromatic carbocycles. The topological polar surface area (TPSA) is 91.7 Å². The Hall–Kier alpha value is -1.39. The first-order valence-corrected chi connectivity index (χ1v) is 5.02. The highest BCUT2D eigenvalue weighted by Crippen LogP contribution is 2.07. The highest BCUT2D eigenvalue weighted by molar-refractivity contribution is 6.32. The lowest BCUT2D eigenvalue weighted by Crippen LogP contribution is -2.11. The van der Waals surface area contributed by atoms with Crippen molar-refractivity contribution in [2.24, 2.45) is 0 Å². The number of carboxylic acids is 2. The smallest absolute Gasteiger partial charge is 0.372 e. The van der Waals surface area contributed by atoms with Gasteiger partial charge in [-0.05, 0) is 12.8 Å². The van der Waals surface area contributed by atoms with Crippen molar-refractivity contribution < 1.29 is 24.6 Å². The van der Waals surface area contributed by atoms with Crippen LogP contribution < -0.4 is 0 Å². The van der Waals surface area contributed by atoms with Crippen molar-refractivity contribution in [2.75, 3.05) is 0 Å². The van der Waals surface area contributed by atoms with Gasteiger partial charge in [-0.25, -0.2) is 4.79 Å². The van der Waals surface area contributed by atoms with E-state index < -0.39 is 17.7 Å². The predicted molar refractivity (Wildman–Crippen MR) is 52.6 cm³/mol. The third-order valence-corrected chi connectivity index (χ3v) is 2.03. The van der Waals surface area contributed by atoms with Gasteiger partial charge in [-0.15, -0.1) is 0 Å². The van der Waals surface area contributed by atoms with Crippen molar-refractivity contribution in [3.05, 3.63) is 0 Å². The van der Waals surface area contributed by atoms with Crippen LogP contribution >= 0.6 is 0 Å². The van der Waals surface area contributed by atoms with Crippen LogP contribution in [0.25, 0.3) is 0 Å². The molecule has 0 aliphatic heterocycles. The minimum atomic E-state index is -1.37. The highest BCUT2D eigenvalue weighted by Gasteiger charge is 2.09. The molecule has 0 rings (SSSR count). The number of carbonyl (C=O) groups is 3. The van der Waals surface area contributed by atoms with Crippen molar-refractivity contribution in [3.8, 4) is 0 Å². The van der Waals surface area contributed by atoms with E-state index >= 15 is 0 Å². The molecule has 0 aliphatic carbocycles. The Morgan fingerprint density at radius 2 is 1.20 bits per heavy atom. The maximum atomic E-state index is 10.6. The molecule has 86 valence electrons. The highest BCUT2D eigenvalue weighted by atomic mass is 16.4. The summed E-state index contributed by atoms with van der Waals surface area (Å²) in [6.07, 6.45) is 3.90. The van der Waals surface area contributed by atoms with Crippen molar-refractivity contribution in [1.29, 1.82) is 0 Å². The Kier molecular flexibility index (Phi) is 7.23. The lowest BCUT2D eigenvalue weighted by atomic mass is 10.1. The molecule has 0 atom stereocenters. The van der Waals surface area contributed by atoms with E-state index in [1.165, 1.54) is 0 Å². The van der Waals surface area contributed by atoms with E-state index in [1.54, 1.807) is 0 Å². The van der Waals surface area contributed by atoms with Crippen LogP contribution in [0.2, 0.25) is 0 Å².